The lowest BCUT2D eigenvalue weighted by atomic mass is 9.85. The maximum Gasteiger partial charge on any atom is 0.420 e. The lowest BCUT2D eigenvalue weighted by Crippen LogP contribution is -2.47. The van der Waals surface area contributed by atoms with E-state index in [1.54, 1.807) is 20.8 Å². The highest BCUT2D eigenvalue weighted by Crippen LogP contribution is 2.52. The van der Waals surface area contributed by atoms with Crippen molar-refractivity contribution in [3.05, 3.63) is 90.0 Å². The molecule has 1 aliphatic heterocycles. The summed E-state index contributed by atoms with van der Waals surface area (Å²) in [6.07, 6.45) is 5.23. The van der Waals surface area contributed by atoms with Gasteiger partial charge in [-0.05, 0) is 61.3 Å². The van der Waals surface area contributed by atoms with Crippen LogP contribution in [0.2, 0.25) is 0 Å². The van der Waals surface area contributed by atoms with Crippen molar-refractivity contribution >= 4 is 30.0 Å². The predicted octanol–water partition coefficient (Wildman–Crippen LogP) is 4.38. The molecule has 2 fully saturated rings. The summed E-state index contributed by atoms with van der Waals surface area (Å²) >= 11 is 0. The van der Waals surface area contributed by atoms with Crippen LogP contribution in [0.4, 0.5) is 9.59 Å². The minimum absolute atomic E-state index is 0.0142. The van der Waals surface area contributed by atoms with Crippen molar-refractivity contribution in [2.45, 2.75) is 51.2 Å². The van der Waals surface area contributed by atoms with E-state index in [2.05, 4.69) is 10.3 Å². The van der Waals surface area contributed by atoms with Crippen LogP contribution in [0.3, 0.4) is 0 Å². The molecule has 12 heteroatoms. The molecule has 3 aliphatic carbocycles. The van der Waals surface area contributed by atoms with E-state index >= 15 is 0 Å². The fourth-order valence-corrected chi connectivity index (χ4v) is 7.25. The quantitative estimate of drug-likeness (QED) is 0.294. The SMILES string of the molecule is CC(C)(C)OC(=O)n1cncc1C[C@H](NC(=O)OCC1c2ccccc2-c2ccccc21)C(=O)ON1C(=O)C2C3C=CC(C3)C2C1=O. The fourth-order valence-electron chi connectivity index (χ4n) is 7.25. The molecule has 5 atom stereocenters. The summed E-state index contributed by atoms with van der Waals surface area (Å²) in [5.41, 5.74) is 3.56. The highest BCUT2D eigenvalue weighted by molar-refractivity contribution is 6.06. The number of hydrogen-bond acceptors (Lipinski definition) is 9. The minimum Gasteiger partial charge on any atom is -0.449 e. The third kappa shape index (κ3) is 5.47. The third-order valence-electron chi connectivity index (χ3n) is 9.25. The van der Waals surface area contributed by atoms with Crippen molar-refractivity contribution in [2.24, 2.45) is 23.7 Å². The number of hydrogen-bond donors (Lipinski definition) is 1. The average Bonchev–Trinajstić information content (AvgIpc) is 3.86. The zero-order chi connectivity index (χ0) is 33.0. The number of aromatic nitrogens is 2. The first-order valence-electron chi connectivity index (χ1n) is 15.6. The molecule has 0 radical (unpaired) electrons. The molecular formula is C35H34N4O8. The number of carbonyl (C=O) groups is 5. The number of benzene rings is 2. The maximum atomic E-state index is 13.6. The van der Waals surface area contributed by atoms with Gasteiger partial charge in [-0.25, -0.2) is 23.9 Å². The number of nitrogens with zero attached hydrogens (tertiary/aromatic N) is 3. The lowest BCUT2D eigenvalue weighted by Gasteiger charge is -2.23. The van der Waals surface area contributed by atoms with Crippen LogP contribution < -0.4 is 5.32 Å². The van der Waals surface area contributed by atoms with Gasteiger partial charge in [-0.15, -0.1) is 5.06 Å². The molecule has 4 unspecified atom stereocenters. The molecule has 0 spiro atoms. The zero-order valence-electron chi connectivity index (χ0n) is 26.1. The van der Waals surface area contributed by atoms with Crippen LogP contribution in [-0.4, -0.2) is 62.8 Å². The Balaban J connectivity index is 1.09. The Bertz CT molecular complexity index is 1750. The molecule has 2 heterocycles. The van der Waals surface area contributed by atoms with E-state index in [0.717, 1.165) is 33.2 Å². The van der Waals surface area contributed by atoms with Crippen molar-refractivity contribution in [1.82, 2.24) is 19.9 Å². The Kier molecular flexibility index (Phi) is 7.45. The lowest BCUT2D eigenvalue weighted by molar-refractivity contribution is -0.200. The predicted molar refractivity (Wildman–Crippen MR) is 165 cm³/mol. The standard InChI is InChI=1S/C35H34N4O8/c1-35(2,3)46-34(44)38-18-36-16-21(38)15-27(32(42)47-39-30(40)28-19-12-13-20(14-19)29(28)31(39)41)37-33(43)45-17-26-24-10-6-4-8-22(24)23-9-5-7-11-25(23)26/h4-13,16,18-20,26-29H,14-15,17H2,1-3H3,(H,37,43)/t19?,20?,27-,28?,29?/m0/s1. The summed E-state index contributed by atoms with van der Waals surface area (Å²) in [4.78, 5) is 75.7. The number of imide groups is 1. The van der Waals surface area contributed by atoms with Gasteiger partial charge in [0.2, 0.25) is 0 Å². The molecule has 12 nitrogen and oxygen atoms in total. The smallest absolute Gasteiger partial charge is 0.420 e. The van der Waals surface area contributed by atoms with Crippen LogP contribution in [0, 0.1) is 23.7 Å². The molecule has 1 saturated heterocycles. The molecule has 1 N–H and O–H groups in total. The molecule has 3 aromatic rings. The molecule has 47 heavy (non-hydrogen) atoms. The number of amides is 3. The molecule has 1 aromatic heterocycles. The Morgan fingerprint density at radius 1 is 0.936 bits per heavy atom. The number of hydroxylamine groups is 2. The van der Waals surface area contributed by atoms with E-state index in [0.29, 0.717) is 5.06 Å². The molecule has 3 amide bonds. The third-order valence-corrected chi connectivity index (χ3v) is 9.25. The summed E-state index contributed by atoms with van der Waals surface area (Å²) < 4.78 is 12.2. The van der Waals surface area contributed by atoms with Gasteiger partial charge in [0.05, 0.1) is 17.5 Å². The van der Waals surface area contributed by atoms with Crippen LogP contribution in [-0.2, 0) is 35.1 Å². The molecule has 2 bridgehead atoms. The largest absolute Gasteiger partial charge is 0.449 e. The first-order chi connectivity index (χ1) is 22.5. The van der Waals surface area contributed by atoms with Gasteiger partial charge in [-0.2, -0.15) is 0 Å². The number of rotatable bonds is 7. The molecule has 1 saturated carbocycles. The van der Waals surface area contributed by atoms with E-state index in [1.807, 2.05) is 60.7 Å². The summed E-state index contributed by atoms with van der Waals surface area (Å²) in [6.45, 7) is 5.12. The number of imidazole rings is 1. The molecule has 7 rings (SSSR count). The van der Waals surface area contributed by atoms with Gasteiger partial charge in [0.1, 0.15) is 24.6 Å². The Hall–Kier alpha value is -5.26. The maximum absolute atomic E-state index is 13.6. The highest BCUT2D eigenvalue weighted by atomic mass is 16.7. The zero-order valence-corrected chi connectivity index (χ0v) is 26.1. The van der Waals surface area contributed by atoms with Crippen molar-refractivity contribution in [1.29, 1.82) is 0 Å². The summed E-state index contributed by atoms with van der Waals surface area (Å²) in [6, 6.07) is 14.3. The first-order valence-corrected chi connectivity index (χ1v) is 15.6. The summed E-state index contributed by atoms with van der Waals surface area (Å²) in [7, 11) is 0. The van der Waals surface area contributed by atoms with Gasteiger partial charge in [-0.1, -0.05) is 60.7 Å². The summed E-state index contributed by atoms with van der Waals surface area (Å²) in [5.74, 6) is -3.77. The van der Waals surface area contributed by atoms with Crippen molar-refractivity contribution in [3.8, 4) is 11.1 Å². The van der Waals surface area contributed by atoms with Gasteiger partial charge >= 0.3 is 18.2 Å². The van der Waals surface area contributed by atoms with Gasteiger partial charge in [0, 0.05) is 18.5 Å². The second kappa shape index (κ2) is 11.5. The first kappa shape index (κ1) is 30.4. The Morgan fingerprint density at radius 3 is 2.13 bits per heavy atom. The van der Waals surface area contributed by atoms with Gasteiger partial charge in [0.15, 0.2) is 0 Å². The van der Waals surface area contributed by atoms with Crippen LogP contribution in [0.1, 0.15) is 49.9 Å². The Morgan fingerprint density at radius 2 is 1.53 bits per heavy atom. The van der Waals surface area contributed by atoms with Crippen LogP contribution >= 0.6 is 0 Å². The fraction of sp³-hybridized carbons (Fsp3) is 0.371. The van der Waals surface area contributed by atoms with Crippen LogP contribution in [0.15, 0.2) is 73.2 Å². The van der Waals surface area contributed by atoms with Gasteiger partial charge in [-0.3, -0.25) is 9.59 Å². The van der Waals surface area contributed by atoms with Crippen molar-refractivity contribution in [2.75, 3.05) is 6.61 Å². The Labute approximate surface area is 270 Å². The molecule has 4 aliphatic rings. The van der Waals surface area contributed by atoms with E-state index in [9.17, 15) is 24.0 Å². The number of allylic oxidation sites excluding steroid dienone is 2. The van der Waals surface area contributed by atoms with Crippen molar-refractivity contribution < 1.29 is 38.3 Å². The average molecular weight is 639 g/mol. The van der Waals surface area contributed by atoms with Crippen molar-refractivity contribution in [3.63, 3.8) is 0 Å². The van der Waals surface area contributed by atoms with E-state index < -0.39 is 53.4 Å². The number of ether oxygens (including phenoxy) is 2. The van der Waals surface area contributed by atoms with Crippen LogP contribution in [0.5, 0.6) is 0 Å². The minimum atomic E-state index is -1.46. The van der Waals surface area contributed by atoms with Crippen LogP contribution in [0.25, 0.3) is 11.1 Å². The highest BCUT2D eigenvalue weighted by Gasteiger charge is 2.61. The summed E-state index contributed by atoms with van der Waals surface area (Å²) in [5, 5.41) is 3.06. The number of fused-ring (bicyclic) bond motifs is 8. The topological polar surface area (TPSA) is 146 Å². The van der Waals surface area contributed by atoms with E-state index in [-0.39, 0.29) is 36.5 Å². The number of carbonyl (C=O) groups excluding carboxylic acids is 5. The second-order valence-corrected chi connectivity index (χ2v) is 13.3. The number of alkyl carbamates (subject to hydrolysis) is 1. The normalized spacial score (nSPS) is 22.9. The molecular weight excluding hydrogens is 604 g/mol. The second-order valence-electron chi connectivity index (χ2n) is 13.3. The molecule has 242 valence electrons. The number of nitrogens with one attached hydrogen (secondary N) is 1. The monoisotopic (exact) mass is 638 g/mol. The molecule has 2 aromatic carbocycles. The van der Waals surface area contributed by atoms with Gasteiger partial charge < -0.3 is 19.6 Å². The van der Waals surface area contributed by atoms with E-state index in [4.69, 9.17) is 14.3 Å². The van der Waals surface area contributed by atoms with E-state index in [1.165, 1.54) is 12.5 Å². The van der Waals surface area contributed by atoms with Gasteiger partial charge in [0.25, 0.3) is 11.8 Å².